The van der Waals surface area contributed by atoms with Crippen LogP contribution in [0.3, 0.4) is 0 Å². The van der Waals surface area contributed by atoms with Crippen LogP contribution in [0.4, 0.5) is 5.82 Å². The zero-order valence-electron chi connectivity index (χ0n) is 8.40. The summed E-state index contributed by atoms with van der Waals surface area (Å²) in [6, 6.07) is 5.58. The summed E-state index contributed by atoms with van der Waals surface area (Å²) in [5.74, 6) is 1.63. The van der Waals surface area contributed by atoms with Crippen LogP contribution >= 0.6 is 24.0 Å². The Kier molecular flexibility index (Phi) is 5.28. The minimum atomic E-state index is 0.183. The first-order chi connectivity index (χ1) is 7.18. The van der Waals surface area contributed by atoms with Gasteiger partial charge >= 0.3 is 0 Å². The van der Waals surface area contributed by atoms with Crippen LogP contribution in [0.5, 0.6) is 0 Å². The molecule has 1 rings (SSSR count). The lowest BCUT2D eigenvalue weighted by Gasteiger charge is -2.05. The molecule has 1 heterocycles. The molecular weight excluding hydrogens is 228 g/mol. The fourth-order valence-electron chi connectivity index (χ4n) is 0.865. The normalized spacial score (nSPS) is 9.67. The Morgan fingerprint density at radius 2 is 2.40 bits per heavy atom. The first-order valence-electron chi connectivity index (χ1n) is 4.53. The number of hydrogen-bond donors (Lipinski definition) is 1. The number of pyridine rings is 1. The molecule has 3 nitrogen and oxygen atoms in total. The first-order valence-corrected chi connectivity index (χ1v) is 5.92. The van der Waals surface area contributed by atoms with E-state index in [1.165, 1.54) is 11.8 Å². The van der Waals surface area contributed by atoms with E-state index in [0.29, 0.717) is 16.5 Å². The maximum absolute atomic E-state index is 10.7. The number of nitrogens with one attached hydrogen (secondary N) is 1. The Balaban J connectivity index is 2.28. The first kappa shape index (κ1) is 12.1. The van der Waals surface area contributed by atoms with Crippen molar-refractivity contribution in [1.82, 2.24) is 4.98 Å². The molecule has 1 N–H and O–H groups in total. The summed E-state index contributed by atoms with van der Waals surface area (Å²) in [6.45, 7) is 1.58. The Morgan fingerprint density at radius 3 is 3.00 bits per heavy atom. The second-order valence-corrected chi connectivity index (χ2v) is 4.70. The van der Waals surface area contributed by atoms with Gasteiger partial charge in [0.15, 0.2) is 0 Å². The smallest absolute Gasteiger partial charge is 0.139 e. The van der Waals surface area contributed by atoms with Crippen molar-refractivity contribution in [1.29, 1.82) is 0 Å². The second-order valence-electron chi connectivity index (χ2n) is 2.93. The highest BCUT2D eigenvalue weighted by molar-refractivity contribution is 8.23. The van der Waals surface area contributed by atoms with Gasteiger partial charge in [-0.15, -0.1) is 0 Å². The summed E-state index contributed by atoms with van der Waals surface area (Å²) in [4.78, 5) is 14.8. The predicted octanol–water partition coefficient (Wildman–Crippen LogP) is 2.49. The molecule has 0 saturated carbocycles. The van der Waals surface area contributed by atoms with Gasteiger partial charge in [-0.3, -0.25) is 4.79 Å². The molecule has 15 heavy (non-hydrogen) atoms. The third-order valence-electron chi connectivity index (χ3n) is 1.58. The molecule has 0 amide bonds. The van der Waals surface area contributed by atoms with Crippen molar-refractivity contribution in [2.45, 2.75) is 13.3 Å². The molecule has 0 radical (unpaired) electrons. The number of rotatable bonds is 4. The summed E-state index contributed by atoms with van der Waals surface area (Å²) in [6.07, 6.45) is 2.25. The lowest BCUT2D eigenvalue weighted by atomic mass is 10.4. The third kappa shape index (κ3) is 5.49. The zero-order chi connectivity index (χ0) is 11.1. The van der Waals surface area contributed by atoms with Gasteiger partial charge in [0.05, 0.1) is 0 Å². The number of anilines is 1. The van der Waals surface area contributed by atoms with Gasteiger partial charge in [0.1, 0.15) is 15.9 Å². The minimum Gasteiger partial charge on any atom is -0.326 e. The van der Waals surface area contributed by atoms with Crippen LogP contribution in [0.15, 0.2) is 24.4 Å². The molecule has 0 fully saturated rings. The van der Waals surface area contributed by atoms with E-state index in [2.05, 4.69) is 10.3 Å². The lowest BCUT2D eigenvalue weighted by Crippen LogP contribution is -2.07. The molecule has 80 valence electrons. The molecule has 0 atom stereocenters. The molecule has 0 unspecified atom stereocenters. The zero-order valence-corrected chi connectivity index (χ0v) is 10.0. The van der Waals surface area contributed by atoms with Crippen LogP contribution in [0.2, 0.25) is 0 Å². The highest BCUT2D eigenvalue weighted by atomic mass is 32.2. The molecule has 0 aliphatic heterocycles. The standard InChI is InChI=1S/C10H12N2OS2/c1-8(13)5-7-15-10(14)12-9-4-2-3-6-11-9/h2-4,6H,5,7H2,1H3,(H,11,12,14). The largest absolute Gasteiger partial charge is 0.326 e. The highest BCUT2D eigenvalue weighted by Crippen LogP contribution is 2.09. The molecule has 0 saturated heterocycles. The van der Waals surface area contributed by atoms with Crippen LogP contribution in [-0.4, -0.2) is 20.8 Å². The van der Waals surface area contributed by atoms with Crippen molar-refractivity contribution in [3.63, 3.8) is 0 Å². The van der Waals surface area contributed by atoms with E-state index < -0.39 is 0 Å². The fourth-order valence-corrected chi connectivity index (χ4v) is 1.97. The highest BCUT2D eigenvalue weighted by Gasteiger charge is 2.00. The van der Waals surface area contributed by atoms with Gasteiger partial charge in [0.2, 0.25) is 0 Å². The van der Waals surface area contributed by atoms with E-state index in [4.69, 9.17) is 12.2 Å². The van der Waals surface area contributed by atoms with Crippen LogP contribution in [0.25, 0.3) is 0 Å². The van der Waals surface area contributed by atoms with Gasteiger partial charge < -0.3 is 5.32 Å². The topological polar surface area (TPSA) is 42.0 Å². The van der Waals surface area contributed by atoms with Crippen molar-refractivity contribution >= 4 is 39.9 Å². The average Bonchev–Trinajstić information content (AvgIpc) is 2.18. The van der Waals surface area contributed by atoms with Crippen molar-refractivity contribution in [3.05, 3.63) is 24.4 Å². The molecule has 0 bridgehead atoms. The van der Waals surface area contributed by atoms with E-state index in [-0.39, 0.29) is 5.78 Å². The monoisotopic (exact) mass is 240 g/mol. The predicted molar refractivity (Wildman–Crippen MR) is 68.2 cm³/mol. The Morgan fingerprint density at radius 1 is 1.60 bits per heavy atom. The third-order valence-corrected chi connectivity index (χ3v) is 2.81. The van der Waals surface area contributed by atoms with E-state index >= 15 is 0 Å². The molecule has 0 aliphatic carbocycles. The molecule has 1 aromatic heterocycles. The molecule has 0 spiro atoms. The number of thiocarbonyl (C=S) groups is 1. The number of thioether (sulfide) groups is 1. The molecule has 5 heteroatoms. The average molecular weight is 240 g/mol. The van der Waals surface area contributed by atoms with Crippen molar-refractivity contribution in [2.24, 2.45) is 0 Å². The number of aromatic nitrogens is 1. The Labute approximate surface area is 98.7 Å². The molecule has 0 aromatic carbocycles. The van der Waals surface area contributed by atoms with Crippen molar-refractivity contribution in [2.75, 3.05) is 11.1 Å². The number of nitrogens with zero attached hydrogens (tertiary/aromatic N) is 1. The minimum absolute atomic E-state index is 0.183. The summed E-state index contributed by atoms with van der Waals surface area (Å²) >= 11 is 6.55. The Hall–Kier alpha value is -0.940. The van der Waals surface area contributed by atoms with Gasteiger partial charge in [-0.2, -0.15) is 0 Å². The number of Topliss-reactive ketones (excluding diaryl/α,β-unsaturated/α-hetero) is 1. The summed E-state index contributed by atoms with van der Waals surface area (Å²) < 4.78 is 0.648. The van der Waals surface area contributed by atoms with E-state index in [1.807, 2.05) is 18.2 Å². The van der Waals surface area contributed by atoms with Crippen molar-refractivity contribution in [3.8, 4) is 0 Å². The van der Waals surface area contributed by atoms with Gasteiger partial charge in [-0.05, 0) is 19.1 Å². The number of hydrogen-bond acceptors (Lipinski definition) is 4. The lowest BCUT2D eigenvalue weighted by molar-refractivity contribution is -0.116. The summed E-state index contributed by atoms with van der Waals surface area (Å²) in [5, 5.41) is 2.99. The van der Waals surface area contributed by atoms with Crippen LogP contribution < -0.4 is 5.32 Å². The van der Waals surface area contributed by atoms with Gasteiger partial charge in [-0.25, -0.2) is 4.98 Å². The van der Waals surface area contributed by atoms with E-state index in [1.54, 1.807) is 13.1 Å². The van der Waals surface area contributed by atoms with Crippen LogP contribution in [-0.2, 0) is 4.79 Å². The summed E-state index contributed by atoms with van der Waals surface area (Å²) in [5.41, 5.74) is 0. The maximum atomic E-state index is 10.7. The van der Waals surface area contributed by atoms with Crippen LogP contribution in [0, 0.1) is 0 Å². The molecule has 1 aromatic rings. The quantitative estimate of drug-likeness (QED) is 0.819. The Bertz CT molecular complexity index is 341. The van der Waals surface area contributed by atoms with Gasteiger partial charge in [0.25, 0.3) is 0 Å². The number of carbonyl (C=O) groups excluding carboxylic acids is 1. The second kappa shape index (κ2) is 6.53. The van der Waals surface area contributed by atoms with E-state index in [0.717, 1.165) is 5.82 Å². The fraction of sp³-hybridized carbons (Fsp3) is 0.300. The molecule has 0 aliphatic rings. The number of carbonyl (C=O) groups is 1. The van der Waals surface area contributed by atoms with Gasteiger partial charge in [0, 0.05) is 18.4 Å². The SMILES string of the molecule is CC(=O)CCSC(=S)Nc1ccccn1. The van der Waals surface area contributed by atoms with E-state index in [9.17, 15) is 4.79 Å². The van der Waals surface area contributed by atoms with Gasteiger partial charge in [-0.1, -0.05) is 30.0 Å². The number of ketones is 1. The van der Waals surface area contributed by atoms with Crippen LogP contribution in [0.1, 0.15) is 13.3 Å². The maximum Gasteiger partial charge on any atom is 0.139 e. The van der Waals surface area contributed by atoms with Crippen molar-refractivity contribution < 1.29 is 4.79 Å². The molecular formula is C10H12N2OS2. The summed E-state index contributed by atoms with van der Waals surface area (Å²) in [7, 11) is 0.